The first-order valence-electron chi connectivity index (χ1n) is 9.70. The van der Waals surface area contributed by atoms with E-state index in [4.69, 9.17) is 5.73 Å². The van der Waals surface area contributed by atoms with Crippen molar-refractivity contribution in [1.82, 2.24) is 4.98 Å². The van der Waals surface area contributed by atoms with Gasteiger partial charge in [0.2, 0.25) is 0 Å². The largest absolute Gasteiger partial charge is 0.368 e. The molecule has 2 heterocycles. The SMILES string of the molecule is N[C@@H]1CCCN(c2cc(F)ccc2Nc2c(F)cc(S(=O)(=O)Nc3cscn3)cc2F)C1. The van der Waals surface area contributed by atoms with Crippen LogP contribution in [0.5, 0.6) is 0 Å². The van der Waals surface area contributed by atoms with E-state index >= 15 is 0 Å². The number of rotatable bonds is 6. The quantitative estimate of drug-likeness (QED) is 0.490. The van der Waals surface area contributed by atoms with Gasteiger partial charge in [0.1, 0.15) is 11.5 Å². The van der Waals surface area contributed by atoms with Crippen LogP contribution in [0.15, 0.2) is 46.1 Å². The minimum absolute atomic E-state index is 0.0497. The van der Waals surface area contributed by atoms with Crippen molar-refractivity contribution >= 4 is 44.2 Å². The summed E-state index contributed by atoms with van der Waals surface area (Å²) in [6.45, 7) is 1.10. The van der Waals surface area contributed by atoms with Crippen LogP contribution in [0.2, 0.25) is 0 Å². The molecule has 2 aromatic carbocycles. The summed E-state index contributed by atoms with van der Waals surface area (Å²) < 4.78 is 70.6. The van der Waals surface area contributed by atoms with Crippen molar-refractivity contribution < 1.29 is 21.6 Å². The van der Waals surface area contributed by atoms with Crippen molar-refractivity contribution in [3.05, 3.63) is 58.7 Å². The summed E-state index contributed by atoms with van der Waals surface area (Å²) in [5.74, 6) is -2.68. The Morgan fingerprint density at radius 3 is 2.56 bits per heavy atom. The molecule has 1 aliphatic rings. The number of benzene rings is 2. The lowest BCUT2D eigenvalue weighted by atomic mass is 10.1. The third kappa shape index (κ3) is 4.81. The monoisotopic (exact) mass is 483 g/mol. The highest BCUT2D eigenvalue weighted by Crippen LogP contribution is 2.34. The van der Waals surface area contributed by atoms with E-state index in [1.165, 1.54) is 29.1 Å². The molecule has 0 radical (unpaired) electrons. The summed E-state index contributed by atoms with van der Waals surface area (Å²) in [5, 5.41) is 4.09. The van der Waals surface area contributed by atoms with Gasteiger partial charge < -0.3 is 16.0 Å². The van der Waals surface area contributed by atoms with Crippen LogP contribution in [0.25, 0.3) is 0 Å². The molecule has 1 fully saturated rings. The summed E-state index contributed by atoms with van der Waals surface area (Å²) in [6, 6.07) is 5.14. The summed E-state index contributed by atoms with van der Waals surface area (Å²) >= 11 is 1.16. The van der Waals surface area contributed by atoms with Crippen LogP contribution in [0, 0.1) is 17.5 Å². The second kappa shape index (κ2) is 8.96. The highest BCUT2D eigenvalue weighted by Gasteiger charge is 2.24. The minimum atomic E-state index is -4.24. The number of thiazole rings is 1. The maximum Gasteiger partial charge on any atom is 0.263 e. The fourth-order valence-electron chi connectivity index (χ4n) is 3.52. The van der Waals surface area contributed by atoms with Crippen LogP contribution >= 0.6 is 11.3 Å². The highest BCUT2D eigenvalue weighted by molar-refractivity contribution is 7.92. The number of halogens is 3. The second-order valence-electron chi connectivity index (χ2n) is 7.38. The highest BCUT2D eigenvalue weighted by atomic mass is 32.2. The predicted molar refractivity (Wildman–Crippen MR) is 118 cm³/mol. The van der Waals surface area contributed by atoms with E-state index in [1.54, 1.807) is 0 Å². The fraction of sp³-hybridized carbons (Fsp3) is 0.250. The van der Waals surface area contributed by atoms with Gasteiger partial charge in [-0.15, -0.1) is 11.3 Å². The molecule has 170 valence electrons. The Kier molecular flexibility index (Phi) is 6.26. The zero-order valence-electron chi connectivity index (χ0n) is 16.7. The van der Waals surface area contributed by atoms with E-state index in [0.717, 1.165) is 24.2 Å². The molecule has 1 aromatic heterocycles. The normalized spacial score (nSPS) is 16.8. The number of nitrogens with zero attached hydrogens (tertiary/aromatic N) is 2. The van der Waals surface area contributed by atoms with Crippen LogP contribution in [-0.4, -0.2) is 32.5 Å². The molecule has 3 aromatic rings. The Labute approximate surface area is 187 Å². The number of anilines is 4. The topological polar surface area (TPSA) is 100 Å². The third-order valence-electron chi connectivity index (χ3n) is 5.02. The maximum atomic E-state index is 14.8. The minimum Gasteiger partial charge on any atom is -0.368 e. The molecule has 7 nitrogen and oxygen atoms in total. The summed E-state index contributed by atoms with van der Waals surface area (Å²) in [7, 11) is -4.24. The van der Waals surface area contributed by atoms with Gasteiger partial charge in [0.05, 0.1) is 21.8 Å². The van der Waals surface area contributed by atoms with Gasteiger partial charge >= 0.3 is 0 Å². The fourth-order valence-corrected chi connectivity index (χ4v) is 5.10. The van der Waals surface area contributed by atoms with Gasteiger partial charge in [-0.1, -0.05) is 0 Å². The Hall–Kier alpha value is -2.83. The number of sulfonamides is 1. The first-order chi connectivity index (χ1) is 15.2. The van der Waals surface area contributed by atoms with Crippen molar-refractivity contribution in [1.29, 1.82) is 0 Å². The van der Waals surface area contributed by atoms with Crippen molar-refractivity contribution in [3.63, 3.8) is 0 Å². The number of nitrogens with one attached hydrogen (secondary N) is 2. The van der Waals surface area contributed by atoms with Gasteiger partial charge in [-0.25, -0.2) is 26.6 Å². The van der Waals surface area contributed by atoms with Crippen LogP contribution in [0.4, 0.5) is 36.1 Å². The Morgan fingerprint density at radius 1 is 1.16 bits per heavy atom. The predicted octanol–water partition coefficient (Wildman–Crippen LogP) is 4.03. The van der Waals surface area contributed by atoms with E-state index in [0.29, 0.717) is 30.9 Å². The van der Waals surface area contributed by atoms with E-state index in [2.05, 4.69) is 15.0 Å². The Balaban J connectivity index is 1.64. The van der Waals surface area contributed by atoms with Gasteiger partial charge in [-0.05, 0) is 43.2 Å². The zero-order chi connectivity index (χ0) is 22.9. The standard InChI is InChI=1S/C20H20F3N5O2S2/c21-12-3-4-17(18(6-12)28-5-1-2-13(24)9-28)26-20-15(22)7-14(8-16(20)23)32(29,30)27-19-10-31-11-25-19/h3-4,6-8,10-11,13,26-27H,1-2,5,9,24H2/t13-/m1/s1. The zero-order valence-corrected chi connectivity index (χ0v) is 18.3. The molecule has 0 amide bonds. The average molecular weight is 484 g/mol. The van der Waals surface area contributed by atoms with E-state index in [1.807, 2.05) is 4.90 Å². The van der Waals surface area contributed by atoms with E-state index in [9.17, 15) is 21.6 Å². The molecular weight excluding hydrogens is 463 g/mol. The van der Waals surface area contributed by atoms with E-state index < -0.39 is 38.1 Å². The van der Waals surface area contributed by atoms with Gasteiger partial charge in [0, 0.05) is 24.5 Å². The molecule has 4 N–H and O–H groups in total. The maximum absolute atomic E-state index is 14.8. The lowest BCUT2D eigenvalue weighted by molar-refractivity contribution is 0.505. The number of hydrogen-bond donors (Lipinski definition) is 3. The Morgan fingerprint density at radius 2 is 1.91 bits per heavy atom. The molecule has 1 saturated heterocycles. The molecule has 1 aliphatic heterocycles. The molecular formula is C20H20F3N5O2S2. The molecule has 1 atom stereocenters. The van der Waals surface area contributed by atoms with Crippen molar-refractivity contribution in [2.45, 2.75) is 23.8 Å². The number of hydrogen-bond acceptors (Lipinski definition) is 7. The van der Waals surface area contributed by atoms with Crippen LogP contribution in [0.1, 0.15) is 12.8 Å². The van der Waals surface area contributed by atoms with Crippen LogP contribution in [0.3, 0.4) is 0 Å². The molecule has 32 heavy (non-hydrogen) atoms. The molecule has 0 bridgehead atoms. The number of nitrogens with two attached hydrogens (primary N) is 1. The first kappa shape index (κ1) is 22.4. The number of piperidine rings is 1. The number of aromatic nitrogens is 1. The molecule has 0 spiro atoms. The van der Waals surface area contributed by atoms with Crippen molar-refractivity contribution in [2.24, 2.45) is 5.73 Å². The smallest absolute Gasteiger partial charge is 0.263 e. The van der Waals surface area contributed by atoms with Gasteiger partial charge in [0.25, 0.3) is 10.0 Å². The van der Waals surface area contributed by atoms with Gasteiger partial charge in [-0.3, -0.25) is 4.72 Å². The molecule has 0 saturated carbocycles. The lowest BCUT2D eigenvalue weighted by Gasteiger charge is -2.34. The molecule has 0 aliphatic carbocycles. The van der Waals surface area contributed by atoms with Crippen molar-refractivity contribution in [3.8, 4) is 0 Å². The first-order valence-corrected chi connectivity index (χ1v) is 12.1. The Bertz CT molecular complexity index is 1200. The lowest BCUT2D eigenvalue weighted by Crippen LogP contribution is -2.43. The van der Waals surface area contributed by atoms with Crippen LogP contribution < -0.4 is 20.7 Å². The second-order valence-corrected chi connectivity index (χ2v) is 9.78. The van der Waals surface area contributed by atoms with Gasteiger partial charge in [0.15, 0.2) is 17.5 Å². The summed E-state index contributed by atoms with van der Waals surface area (Å²) in [6.07, 6.45) is 1.64. The average Bonchev–Trinajstić information content (AvgIpc) is 3.23. The third-order valence-corrected chi connectivity index (χ3v) is 6.94. The van der Waals surface area contributed by atoms with E-state index in [-0.39, 0.29) is 17.5 Å². The van der Waals surface area contributed by atoms with Crippen molar-refractivity contribution in [2.75, 3.05) is 28.0 Å². The van der Waals surface area contributed by atoms with Gasteiger partial charge in [-0.2, -0.15) is 0 Å². The van der Waals surface area contributed by atoms with Crippen LogP contribution in [-0.2, 0) is 10.0 Å². The summed E-state index contributed by atoms with van der Waals surface area (Å²) in [4.78, 5) is 5.06. The summed E-state index contributed by atoms with van der Waals surface area (Å²) in [5.41, 5.74) is 7.57. The molecule has 0 unspecified atom stereocenters. The molecule has 4 rings (SSSR count). The molecule has 12 heteroatoms.